The van der Waals surface area contributed by atoms with Crippen LogP contribution in [-0.2, 0) is 11.2 Å². The Morgan fingerprint density at radius 2 is 1.95 bits per heavy atom. The van der Waals surface area contributed by atoms with Gasteiger partial charge in [-0.25, -0.2) is 0 Å². The minimum absolute atomic E-state index is 0.0632. The van der Waals surface area contributed by atoms with E-state index in [1.807, 2.05) is 30.3 Å². The van der Waals surface area contributed by atoms with E-state index in [1.54, 1.807) is 6.07 Å². The van der Waals surface area contributed by atoms with E-state index in [2.05, 4.69) is 18.2 Å². The van der Waals surface area contributed by atoms with Crippen LogP contribution in [0.15, 0.2) is 48.5 Å². The maximum atomic E-state index is 9.05. The Kier molecular flexibility index (Phi) is 3.67. The molecular weight excluding hydrogens is 250 g/mol. The largest absolute Gasteiger partial charge is 0.489 e. The number of fused-ring (bicyclic) bond motifs is 1. The van der Waals surface area contributed by atoms with Crippen LogP contribution in [0.1, 0.15) is 22.8 Å². The van der Waals surface area contributed by atoms with E-state index < -0.39 is 0 Å². The SMILES string of the molecule is N#Cc1ccccc1OCC1OCCc2ccccc21. The first kappa shape index (κ1) is 12.7. The summed E-state index contributed by atoms with van der Waals surface area (Å²) in [6.45, 7) is 1.14. The van der Waals surface area contributed by atoms with E-state index in [-0.39, 0.29) is 6.10 Å². The van der Waals surface area contributed by atoms with Crippen LogP contribution in [0.4, 0.5) is 0 Å². The van der Waals surface area contributed by atoms with E-state index in [1.165, 1.54) is 11.1 Å². The fraction of sp³-hybridized carbons (Fsp3) is 0.235. The molecule has 1 atom stereocenters. The molecule has 3 rings (SSSR count). The average Bonchev–Trinajstić information content (AvgIpc) is 2.53. The van der Waals surface area contributed by atoms with Gasteiger partial charge >= 0.3 is 0 Å². The molecule has 3 nitrogen and oxygen atoms in total. The maximum absolute atomic E-state index is 9.05. The lowest BCUT2D eigenvalue weighted by atomic mass is 9.98. The number of ether oxygens (including phenoxy) is 2. The highest BCUT2D eigenvalue weighted by molar-refractivity contribution is 5.42. The van der Waals surface area contributed by atoms with Crippen LogP contribution in [0.3, 0.4) is 0 Å². The molecule has 0 N–H and O–H groups in total. The molecule has 0 saturated heterocycles. The first-order valence-corrected chi connectivity index (χ1v) is 6.70. The molecule has 3 heteroatoms. The lowest BCUT2D eigenvalue weighted by molar-refractivity contribution is 0.0101. The molecule has 0 amide bonds. The Hall–Kier alpha value is -2.31. The fourth-order valence-electron chi connectivity index (χ4n) is 2.47. The molecule has 1 aliphatic heterocycles. The first-order chi connectivity index (χ1) is 9.88. The van der Waals surface area contributed by atoms with Crippen molar-refractivity contribution in [2.45, 2.75) is 12.5 Å². The maximum Gasteiger partial charge on any atom is 0.137 e. The monoisotopic (exact) mass is 265 g/mol. The topological polar surface area (TPSA) is 42.2 Å². The van der Waals surface area contributed by atoms with Crippen LogP contribution in [0, 0.1) is 11.3 Å². The molecule has 0 saturated carbocycles. The number of benzene rings is 2. The highest BCUT2D eigenvalue weighted by Gasteiger charge is 2.21. The summed E-state index contributed by atoms with van der Waals surface area (Å²) in [6.07, 6.45) is 0.883. The van der Waals surface area contributed by atoms with Gasteiger partial charge in [0, 0.05) is 0 Å². The third kappa shape index (κ3) is 2.52. The molecule has 0 bridgehead atoms. The first-order valence-electron chi connectivity index (χ1n) is 6.70. The van der Waals surface area contributed by atoms with Crippen LogP contribution in [-0.4, -0.2) is 13.2 Å². The van der Waals surface area contributed by atoms with Gasteiger partial charge < -0.3 is 9.47 Å². The molecule has 0 spiro atoms. The van der Waals surface area contributed by atoms with Gasteiger partial charge in [0.25, 0.3) is 0 Å². The fourth-order valence-corrected chi connectivity index (χ4v) is 2.47. The van der Waals surface area contributed by atoms with Crippen molar-refractivity contribution in [2.75, 3.05) is 13.2 Å². The number of hydrogen-bond donors (Lipinski definition) is 0. The number of nitrogens with zero attached hydrogens (tertiary/aromatic N) is 1. The Bertz CT molecular complexity index is 645. The van der Waals surface area contributed by atoms with Gasteiger partial charge in [-0.15, -0.1) is 0 Å². The quantitative estimate of drug-likeness (QED) is 0.855. The highest BCUT2D eigenvalue weighted by Crippen LogP contribution is 2.28. The average molecular weight is 265 g/mol. The summed E-state index contributed by atoms with van der Waals surface area (Å²) < 4.78 is 11.6. The van der Waals surface area contributed by atoms with Crippen LogP contribution in [0.5, 0.6) is 5.75 Å². The van der Waals surface area contributed by atoms with Crippen molar-refractivity contribution in [1.29, 1.82) is 5.26 Å². The second kappa shape index (κ2) is 5.77. The van der Waals surface area contributed by atoms with Crippen molar-refractivity contribution >= 4 is 0 Å². The Morgan fingerprint density at radius 1 is 1.15 bits per heavy atom. The molecule has 0 aromatic heterocycles. The summed E-state index contributed by atoms with van der Waals surface area (Å²) in [5.41, 5.74) is 3.06. The van der Waals surface area contributed by atoms with Crippen LogP contribution in [0.2, 0.25) is 0 Å². The zero-order valence-electron chi connectivity index (χ0n) is 11.1. The van der Waals surface area contributed by atoms with Gasteiger partial charge in [0.1, 0.15) is 24.5 Å². The lowest BCUT2D eigenvalue weighted by Gasteiger charge is -2.26. The van der Waals surface area contributed by atoms with Gasteiger partial charge in [0.2, 0.25) is 0 Å². The van der Waals surface area contributed by atoms with E-state index >= 15 is 0 Å². The second-order valence-corrected chi connectivity index (χ2v) is 4.73. The van der Waals surface area contributed by atoms with Gasteiger partial charge in [-0.3, -0.25) is 0 Å². The molecule has 2 aromatic carbocycles. The number of para-hydroxylation sites is 1. The van der Waals surface area contributed by atoms with Crippen molar-refractivity contribution in [2.24, 2.45) is 0 Å². The molecule has 1 aliphatic rings. The highest BCUT2D eigenvalue weighted by atomic mass is 16.5. The zero-order valence-corrected chi connectivity index (χ0v) is 11.1. The van der Waals surface area contributed by atoms with Crippen LogP contribution >= 0.6 is 0 Å². The van der Waals surface area contributed by atoms with Gasteiger partial charge in [0.05, 0.1) is 12.2 Å². The summed E-state index contributed by atoms with van der Waals surface area (Å²) in [5.74, 6) is 0.613. The smallest absolute Gasteiger partial charge is 0.137 e. The molecule has 0 fully saturated rings. The van der Waals surface area contributed by atoms with Crippen molar-refractivity contribution in [3.05, 3.63) is 65.2 Å². The van der Waals surface area contributed by atoms with Crippen LogP contribution in [0.25, 0.3) is 0 Å². The van der Waals surface area contributed by atoms with E-state index in [9.17, 15) is 0 Å². The summed E-state index contributed by atoms with van der Waals surface area (Å²) in [7, 11) is 0. The molecule has 1 heterocycles. The minimum atomic E-state index is -0.0632. The minimum Gasteiger partial charge on any atom is -0.489 e. The van der Waals surface area contributed by atoms with E-state index in [0.717, 1.165) is 6.42 Å². The Morgan fingerprint density at radius 3 is 2.85 bits per heavy atom. The van der Waals surface area contributed by atoms with Gasteiger partial charge in [0.15, 0.2) is 0 Å². The molecule has 0 radical (unpaired) electrons. The molecule has 1 unspecified atom stereocenters. The van der Waals surface area contributed by atoms with Gasteiger partial charge in [-0.05, 0) is 29.7 Å². The third-order valence-electron chi connectivity index (χ3n) is 3.49. The number of rotatable bonds is 3. The summed E-state index contributed by atoms with van der Waals surface area (Å²) in [4.78, 5) is 0. The third-order valence-corrected chi connectivity index (χ3v) is 3.49. The Labute approximate surface area is 118 Å². The lowest BCUT2D eigenvalue weighted by Crippen LogP contribution is -2.21. The van der Waals surface area contributed by atoms with Gasteiger partial charge in [-0.1, -0.05) is 36.4 Å². The summed E-state index contributed by atoms with van der Waals surface area (Å²) in [5, 5.41) is 9.05. The van der Waals surface area contributed by atoms with E-state index in [0.29, 0.717) is 24.5 Å². The van der Waals surface area contributed by atoms with E-state index in [4.69, 9.17) is 14.7 Å². The molecule has 100 valence electrons. The summed E-state index contributed by atoms with van der Waals surface area (Å²) >= 11 is 0. The molecular formula is C17H15NO2. The number of hydrogen-bond acceptors (Lipinski definition) is 3. The standard InChI is InChI=1S/C17H15NO2/c18-11-14-6-2-4-8-16(14)20-12-17-15-7-3-1-5-13(15)9-10-19-17/h1-8,17H,9-10,12H2. The molecule has 20 heavy (non-hydrogen) atoms. The predicted octanol–water partition coefficient (Wildman–Crippen LogP) is 3.25. The van der Waals surface area contributed by atoms with Crippen molar-refractivity contribution in [1.82, 2.24) is 0 Å². The van der Waals surface area contributed by atoms with Crippen molar-refractivity contribution in [3.8, 4) is 11.8 Å². The number of nitriles is 1. The van der Waals surface area contributed by atoms with Crippen LogP contribution < -0.4 is 4.74 Å². The predicted molar refractivity (Wildman–Crippen MR) is 75.5 cm³/mol. The van der Waals surface area contributed by atoms with Crippen molar-refractivity contribution in [3.63, 3.8) is 0 Å². The normalized spacial score (nSPS) is 17.1. The second-order valence-electron chi connectivity index (χ2n) is 4.73. The van der Waals surface area contributed by atoms with Crippen molar-refractivity contribution < 1.29 is 9.47 Å². The Balaban J connectivity index is 1.75. The molecule has 0 aliphatic carbocycles. The zero-order chi connectivity index (χ0) is 13.8. The molecule has 2 aromatic rings. The van der Waals surface area contributed by atoms with Gasteiger partial charge in [-0.2, -0.15) is 5.26 Å². The summed E-state index contributed by atoms with van der Waals surface area (Å²) in [6, 6.07) is 17.7.